The molecule has 3 rings (SSSR count). The van der Waals surface area contributed by atoms with Gasteiger partial charge in [-0.3, -0.25) is 9.59 Å². The van der Waals surface area contributed by atoms with Crippen LogP contribution in [0.5, 0.6) is 0 Å². The Morgan fingerprint density at radius 2 is 1.74 bits per heavy atom. The molecular formula is C21H20N2O3S. The van der Waals surface area contributed by atoms with Gasteiger partial charge in [-0.15, -0.1) is 0 Å². The Bertz CT molecular complexity index is 905. The van der Waals surface area contributed by atoms with Gasteiger partial charge in [0.25, 0.3) is 11.8 Å². The summed E-state index contributed by atoms with van der Waals surface area (Å²) >= 11 is 1.73. The maximum absolute atomic E-state index is 12.5. The molecule has 0 saturated heterocycles. The van der Waals surface area contributed by atoms with E-state index in [1.165, 1.54) is 0 Å². The third-order valence-corrected chi connectivity index (χ3v) is 4.57. The van der Waals surface area contributed by atoms with Crippen molar-refractivity contribution >= 4 is 29.3 Å². The highest BCUT2D eigenvalue weighted by Gasteiger charge is 2.14. The number of thioether (sulfide) groups is 1. The molecule has 3 aromatic rings. The normalized spacial score (nSPS) is 10.4. The lowest BCUT2D eigenvalue weighted by Crippen LogP contribution is -2.24. The van der Waals surface area contributed by atoms with Crippen LogP contribution in [0.15, 0.2) is 71.3 Å². The molecule has 2 aromatic carbocycles. The maximum atomic E-state index is 12.5. The summed E-state index contributed by atoms with van der Waals surface area (Å²) in [6.45, 7) is 0.283. The number of furan rings is 1. The quantitative estimate of drug-likeness (QED) is 0.640. The number of carbonyl (C=O) groups is 2. The van der Waals surface area contributed by atoms with E-state index in [4.69, 9.17) is 4.42 Å². The highest BCUT2D eigenvalue weighted by atomic mass is 32.2. The minimum Gasteiger partial charge on any atom is -0.467 e. The van der Waals surface area contributed by atoms with Crippen LogP contribution in [0.3, 0.4) is 0 Å². The molecule has 0 fully saturated rings. The van der Waals surface area contributed by atoms with Crippen LogP contribution in [0.25, 0.3) is 0 Å². The molecule has 27 heavy (non-hydrogen) atoms. The first-order valence-corrected chi connectivity index (χ1v) is 9.85. The summed E-state index contributed by atoms with van der Waals surface area (Å²) in [6, 6.07) is 17.9. The van der Waals surface area contributed by atoms with Crippen molar-refractivity contribution in [3.63, 3.8) is 0 Å². The molecule has 1 heterocycles. The second-order valence-electron chi connectivity index (χ2n) is 5.89. The molecule has 0 aliphatic heterocycles. The average molecular weight is 380 g/mol. The Morgan fingerprint density at radius 3 is 2.44 bits per heavy atom. The van der Waals surface area contributed by atoms with Gasteiger partial charge in [-0.05, 0) is 48.2 Å². The highest BCUT2D eigenvalue weighted by molar-refractivity contribution is 7.97. The Morgan fingerprint density at radius 1 is 0.963 bits per heavy atom. The topological polar surface area (TPSA) is 71.3 Å². The van der Waals surface area contributed by atoms with Gasteiger partial charge in [0.1, 0.15) is 5.76 Å². The van der Waals surface area contributed by atoms with Gasteiger partial charge in [-0.1, -0.05) is 24.3 Å². The predicted molar refractivity (Wildman–Crippen MR) is 108 cm³/mol. The number of rotatable bonds is 7. The Balaban J connectivity index is 1.69. The molecule has 0 unspecified atom stereocenters. The van der Waals surface area contributed by atoms with Crippen LogP contribution in [0.4, 0.5) is 5.69 Å². The number of hydrogen-bond donors (Lipinski definition) is 2. The van der Waals surface area contributed by atoms with E-state index in [0.717, 1.165) is 11.3 Å². The summed E-state index contributed by atoms with van der Waals surface area (Å²) in [5, 5.41) is 5.61. The molecule has 1 aromatic heterocycles. The predicted octanol–water partition coefficient (Wildman–Crippen LogP) is 4.32. The van der Waals surface area contributed by atoms with E-state index in [9.17, 15) is 9.59 Å². The lowest BCUT2D eigenvalue weighted by atomic mass is 10.1. The number of nitrogens with one attached hydrogen (secondary N) is 2. The summed E-state index contributed by atoms with van der Waals surface area (Å²) in [6.07, 6.45) is 3.59. The number of para-hydroxylation sites is 1. The zero-order chi connectivity index (χ0) is 19.1. The number of anilines is 1. The smallest absolute Gasteiger partial charge is 0.255 e. The first kappa shape index (κ1) is 18.8. The number of carbonyl (C=O) groups excluding carboxylic acids is 2. The maximum Gasteiger partial charge on any atom is 0.255 e. The van der Waals surface area contributed by atoms with E-state index in [-0.39, 0.29) is 18.4 Å². The minimum absolute atomic E-state index is 0.253. The third kappa shape index (κ3) is 5.01. The molecule has 0 atom stereocenters. The molecule has 138 valence electrons. The van der Waals surface area contributed by atoms with Crippen LogP contribution in [-0.4, -0.2) is 18.1 Å². The summed E-state index contributed by atoms with van der Waals surface area (Å²) in [7, 11) is 0. The third-order valence-electron chi connectivity index (χ3n) is 3.95. The fourth-order valence-electron chi connectivity index (χ4n) is 2.58. The van der Waals surface area contributed by atoms with Gasteiger partial charge in [0.05, 0.1) is 24.1 Å². The Labute approximate surface area is 162 Å². The average Bonchev–Trinajstić information content (AvgIpc) is 3.21. The van der Waals surface area contributed by atoms with Crippen LogP contribution in [0.2, 0.25) is 0 Å². The van der Waals surface area contributed by atoms with Crippen LogP contribution in [0, 0.1) is 0 Å². The SMILES string of the molecule is CSCc1ccc(C(=O)Nc2ccccc2C(=O)NCc2ccco2)cc1. The van der Waals surface area contributed by atoms with Crippen molar-refractivity contribution in [1.82, 2.24) is 5.32 Å². The minimum atomic E-state index is -0.280. The second-order valence-corrected chi connectivity index (χ2v) is 6.76. The van der Waals surface area contributed by atoms with Gasteiger partial charge in [0.15, 0.2) is 0 Å². The van der Waals surface area contributed by atoms with Crippen molar-refractivity contribution in [2.75, 3.05) is 11.6 Å². The van der Waals surface area contributed by atoms with E-state index < -0.39 is 0 Å². The molecular weight excluding hydrogens is 360 g/mol. The van der Waals surface area contributed by atoms with Crippen molar-refractivity contribution in [1.29, 1.82) is 0 Å². The first-order valence-electron chi connectivity index (χ1n) is 8.46. The fourth-order valence-corrected chi connectivity index (χ4v) is 3.11. The summed E-state index contributed by atoms with van der Waals surface area (Å²) in [4.78, 5) is 25.0. The van der Waals surface area contributed by atoms with E-state index in [1.54, 1.807) is 66.6 Å². The zero-order valence-corrected chi connectivity index (χ0v) is 15.7. The van der Waals surface area contributed by atoms with Crippen LogP contribution in [0.1, 0.15) is 32.0 Å². The molecule has 2 amide bonds. The van der Waals surface area contributed by atoms with Crippen molar-refractivity contribution in [3.8, 4) is 0 Å². The van der Waals surface area contributed by atoms with Gasteiger partial charge < -0.3 is 15.1 Å². The van der Waals surface area contributed by atoms with Gasteiger partial charge in [-0.25, -0.2) is 0 Å². The van der Waals surface area contributed by atoms with Crippen LogP contribution >= 0.6 is 11.8 Å². The van der Waals surface area contributed by atoms with Crippen molar-refractivity contribution < 1.29 is 14.0 Å². The lowest BCUT2D eigenvalue weighted by molar-refractivity contribution is 0.0949. The van der Waals surface area contributed by atoms with E-state index >= 15 is 0 Å². The molecule has 0 aliphatic carbocycles. The molecule has 6 heteroatoms. The molecule has 0 saturated carbocycles. The Kier molecular flexibility index (Phi) is 6.33. The largest absolute Gasteiger partial charge is 0.467 e. The fraction of sp³-hybridized carbons (Fsp3) is 0.143. The number of amides is 2. The second kappa shape index (κ2) is 9.09. The standard InChI is InChI=1S/C21H20N2O3S/c1-27-14-15-8-10-16(11-9-15)20(24)23-19-7-3-2-6-18(19)21(25)22-13-17-5-4-12-26-17/h2-12H,13-14H2,1H3,(H,22,25)(H,23,24). The van der Waals surface area contributed by atoms with Gasteiger partial charge in [-0.2, -0.15) is 11.8 Å². The van der Waals surface area contributed by atoms with Gasteiger partial charge in [0, 0.05) is 11.3 Å². The zero-order valence-electron chi connectivity index (χ0n) is 14.9. The van der Waals surface area contributed by atoms with Crippen LogP contribution < -0.4 is 10.6 Å². The molecule has 0 radical (unpaired) electrons. The summed E-state index contributed by atoms with van der Waals surface area (Å²) in [5.74, 6) is 1.03. The highest BCUT2D eigenvalue weighted by Crippen LogP contribution is 2.17. The molecule has 0 bridgehead atoms. The lowest BCUT2D eigenvalue weighted by Gasteiger charge is -2.11. The number of benzene rings is 2. The van der Waals surface area contributed by atoms with Crippen molar-refractivity contribution in [2.24, 2.45) is 0 Å². The summed E-state index contributed by atoms with van der Waals surface area (Å²) in [5.41, 5.74) is 2.58. The van der Waals surface area contributed by atoms with Crippen LogP contribution in [-0.2, 0) is 12.3 Å². The van der Waals surface area contributed by atoms with E-state index in [2.05, 4.69) is 10.6 Å². The van der Waals surface area contributed by atoms with Gasteiger partial charge in [0.2, 0.25) is 0 Å². The first-order chi connectivity index (χ1) is 13.2. The van der Waals surface area contributed by atoms with Gasteiger partial charge >= 0.3 is 0 Å². The molecule has 0 aliphatic rings. The van der Waals surface area contributed by atoms with Crippen molar-refractivity contribution in [2.45, 2.75) is 12.3 Å². The number of hydrogen-bond acceptors (Lipinski definition) is 4. The van der Waals surface area contributed by atoms with E-state index in [0.29, 0.717) is 22.6 Å². The molecule has 0 spiro atoms. The van der Waals surface area contributed by atoms with E-state index in [1.807, 2.05) is 18.4 Å². The Hall–Kier alpha value is -2.99. The monoisotopic (exact) mass is 380 g/mol. The van der Waals surface area contributed by atoms with Crippen molar-refractivity contribution in [3.05, 3.63) is 89.4 Å². The summed E-state index contributed by atoms with van der Waals surface area (Å²) < 4.78 is 5.21. The molecule has 2 N–H and O–H groups in total. The molecule has 5 nitrogen and oxygen atoms in total.